The molecule has 1 atom stereocenters. The third-order valence-corrected chi connectivity index (χ3v) is 3.10. The molecule has 1 heterocycles. The summed E-state index contributed by atoms with van der Waals surface area (Å²) in [7, 11) is 1.78. The van der Waals surface area contributed by atoms with E-state index in [0.29, 0.717) is 6.04 Å². The highest BCUT2D eigenvalue weighted by atomic mass is 16.5. The summed E-state index contributed by atoms with van der Waals surface area (Å²) in [5.74, 6) is 0. The van der Waals surface area contributed by atoms with Crippen molar-refractivity contribution >= 4 is 0 Å². The largest absolute Gasteiger partial charge is 0.383 e. The molecule has 0 saturated carbocycles. The zero-order valence-corrected chi connectivity index (χ0v) is 9.97. The summed E-state index contributed by atoms with van der Waals surface area (Å²) in [6.45, 7) is 10.9. The molecule has 1 unspecified atom stereocenters. The average molecular weight is 200 g/mol. The van der Waals surface area contributed by atoms with Gasteiger partial charge in [-0.2, -0.15) is 0 Å². The van der Waals surface area contributed by atoms with E-state index in [0.717, 1.165) is 26.2 Å². The molecule has 1 saturated heterocycles. The highest BCUT2D eigenvalue weighted by Gasteiger charge is 2.30. The number of nitrogens with one attached hydrogen (secondary N) is 1. The third kappa shape index (κ3) is 2.94. The van der Waals surface area contributed by atoms with Crippen molar-refractivity contribution in [3.8, 4) is 0 Å². The zero-order valence-electron chi connectivity index (χ0n) is 9.97. The van der Waals surface area contributed by atoms with Crippen LogP contribution in [0.15, 0.2) is 0 Å². The second kappa shape index (κ2) is 5.10. The summed E-state index contributed by atoms with van der Waals surface area (Å²) in [4.78, 5) is 2.53. The molecule has 0 radical (unpaired) electrons. The van der Waals surface area contributed by atoms with E-state index in [-0.39, 0.29) is 5.54 Å². The predicted molar refractivity (Wildman–Crippen MR) is 59.6 cm³/mol. The standard InChI is InChI=1S/C11H24N2O/c1-5-10-8-13(7-6-12-10)11(2,3)9-14-4/h10,12H,5-9H2,1-4H3. The van der Waals surface area contributed by atoms with E-state index in [1.165, 1.54) is 6.42 Å². The monoisotopic (exact) mass is 200 g/mol. The van der Waals surface area contributed by atoms with Gasteiger partial charge in [0.25, 0.3) is 0 Å². The summed E-state index contributed by atoms with van der Waals surface area (Å²) < 4.78 is 5.27. The lowest BCUT2D eigenvalue weighted by atomic mass is 10.0. The molecule has 14 heavy (non-hydrogen) atoms. The molecule has 3 heteroatoms. The molecule has 0 aromatic carbocycles. The summed E-state index contributed by atoms with van der Waals surface area (Å²) in [5, 5.41) is 3.53. The van der Waals surface area contributed by atoms with Crippen LogP contribution in [0.25, 0.3) is 0 Å². The minimum absolute atomic E-state index is 0.171. The maximum Gasteiger partial charge on any atom is 0.0641 e. The normalized spacial score (nSPS) is 25.3. The molecule has 0 aliphatic carbocycles. The maximum absolute atomic E-state index is 5.27. The molecule has 1 aliphatic rings. The van der Waals surface area contributed by atoms with Gasteiger partial charge in [-0.3, -0.25) is 4.90 Å². The molecule has 1 aliphatic heterocycles. The first-order valence-corrected chi connectivity index (χ1v) is 5.57. The lowest BCUT2D eigenvalue weighted by molar-refractivity contribution is 0.0157. The van der Waals surface area contributed by atoms with Crippen molar-refractivity contribution in [3.05, 3.63) is 0 Å². The van der Waals surface area contributed by atoms with Crippen LogP contribution in [0, 0.1) is 0 Å². The fraction of sp³-hybridized carbons (Fsp3) is 1.00. The van der Waals surface area contributed by atoms with Gasteiger partial charge in [-0.05, 0) is 20.3 Å². The van der Waals surface area contributed by atoms with Crippen LogP contribution in [-0.2, 0) is 4.74 Å². The Balaban J connectivity index is 2.49. The number of methoxy groups -OCH3 is 1. The van der Waals surface area contributed by atoms with Crippen LogP contribution in [-0.4, -0.2) is 49.8 Å². The average Bonchev–Trinajstić information content (AvgIpc) is 2.18. The Morgan fingerprint density at radius 1 is 1.50 bits per heavy atom. The van der Waals surface area contributed by atoms with E-state index in [4.69, 9.17) is 4.74 Å². The van der Waals surface area contributed by atoms with Crippen LogP contribution in [0.3, 0.4) is 0 Å². The van der Waals surface area contributed by atoms with Crippen LogP contribution in [0.1, 0.15) is 27.2 Å². The Morgan fingerprint density at radius 2 is 2.21 bits per heavy atom. The van der Waals surface area contributed by atoms with Crippen LogP contribution < -0.4 is 5.32 Å². The number of hydrogen-bond donors (Lipinski definition) is 1. The van der Waals surface area contributed by atoms with Crippen LogP contribution in [0.2, 0.25) is 0 Å². The Morgan fingerprint density at radius 3 is 2.79 bits per heavy atom. The Kier molecular flexibility index (Phi) is 4.35. The fourth-order valence-electron chi connectivity index (χ4n) is 2.09. The molecule has 0 aromatic heterocycles. The van der Waals surface area contributed by atoms with Gasteiger partial charge in [-0.25, -0.2) is 0 Å². The number of ether oxygens (including phenoxy) is 1. The second-order valence-electron chi connectivity index (χ2n) is 4.75. The predicted octanol–water partition coefficient (Wildman–Crippen LogP) is 1.10. The lowest BCUT2D eigenvalue weighted by Crippen LogP contribution is -2.58. The number of nitrogens with zero attached hydrogens (tertiary/aromatic N) is 1. The molecular weight excluding hydrogens is 176 g/mol. The van der Waals surface area contributed by atoms with E-state index in [1.807, 2.05) is 0 Å². The van der Waals surface area contributed by atoms with Crippen molar-refractivity contribution in [1.82, 2.24) is 10.2 Å². The van der Waals surface area contributed by atoms with E-state index < -0.39 is 0 Å². The SMILES string of the molecule is CCC1CN(C(C)(C)COC)CCN1. The van der Waals surface area contributed by atoms with Gasteiger partial charge < -0.3 is 10.1 Å². The van der Waals surface area contributed by atoms with Crippen molar-refractivity contribution < 1.29 is 4.74 Å². The smallest absolute Gasteiger partial charge is 0.0641 e. The number of piperazine rings is 1. The topological polar surface area (TPSA) is 24.5 Å². The maximum atomic E-state index is 5.27. The molecule has 0 spiro atoms. The number of rotatable bonds is 4. The molecule has 1 fully saturated rings. The summed E-state index contributed by atoms with van der Waals surface area (Å²) in [5.41, 5.74) is 0.171. The molecular formula is C11H24N2O. The van der Waals surface area contributed by atoms with E-state index in [1.54, 1.807) is 7.11 Å². The molecule has 1 N–H and O–H groups in total. The minimum Gasteiger partial charge on any atom is -0.383 e. The fourth-order valence-corrected chi connectivity index (χ4v) is 2.09. The second-order valence-corrected chi connectivity index (χ2v) is 4.75. The van der Waals surface area contributed by atoms with Crippen molar-refractivity contribution in [2.75, 3.05) is 33.4 Å². The Hall–Kier alpha value is -0.120. The molecule has 0 amide bonds. The minimum atomic E-state index is 0.171. The molecule has 0 bridgehead atoms. The van der Waals surface area contributed by atoms with Gasteiger partial charge in [0.15, 0.2) is 0 Å². The number of hydrogen-bond acceptors (Lipinski definition) is 3. The highest BCUT2D eigenvalue weighted by Crippen LogP contribution is 2.17. The highest BCUT2D eigenvalue weighted by molar-refractivity contribution is 4.88. The van der Waals surface area contributed by atoms with Crippen LogP contribution in [0.5, 0.6) is 0 Å². The molecule has 0 aromatic rings. The first-order valence-electron chi connectivity index (χ1n) is 5.57. The van der Waals surface area contributed by atoms with Gasteiger partial charge in [-0.1, -0.05) is 6.92 Å². The first-order chi connectivity index (χ1) is 6.60. The van der Waals surface area contributed by atoms with E-state index in [2.05, 4.69) is 31.0 Å². The van der Waals surface area contributed by atoms with Crippen molar-refractivity contribution in [1.29, 1.82) is 0 Å². The zero-order chi connectivity index (χ0) is 10.6. The summed E-state index contributed by atoms with van der Waals surface area (Å²) in [6, 6.07) is 0.653. The summed E-state index contributed by atoms with van der Waals surface area (Å²) >= 11 is 0. The van der Waals surface area contributed by atoms with Gasteiger partial charge in [0.1, 0.15) is 0 Å². The van der Waals surface area contributed by atoms with E-state index >= 15 is 0 Å². The van der Waals surface area contributed by atoms with Gasteiger partial charge in [-0.15, -0.1) is 0 Å². The molecule has 3 nitrogen and oxygen atoms in total. The Labute approximate surface area is 87.8 Å². The van der Waals surface area contributed by atoms with Gasteiger partial charge >= 0.3 is 0 Å². The van der Waals surface area contributed by atoms with Gasteiger partial charge in [0, 0.05) is 38.3 Å². The third-order valence-electron chi connectivity index (χ3n) is 3.10. The van der Waals surface area contributed by atoms with Crippen LogP contribution in [0.4, 0.5) is 0 Å². The Bertz CT molecular complexity index is 171. The first kappa shape index (κ1) is 12.0. The quantitative estimate of drug-likeness (QED) is 0.735. The summed E-state index contributed by atoms with van der Waals surface area (Å²) in [6.07, 6.45) is 1.21. The lowest BCUT2D eigenvalue weighted by Gasteiger charge is -2.43. The van der Waals surface area contributed by atoms with Crippen molar-refractivity contribution in [3.63, 3.8) is 0 Å². The van der Waals surface area contributed by atoms with Crippen molar-refractivity contribution in [2.24, 2.45) is 0 Å². The molecule has 84 valence electrons. The van der Waals surface area contributed by atoms with Gasteiger partial charge in [0.2, 0.25) is 0 Å². The van der Waals surface area contributed by atoms with Crippen molar-refractivity contribution in [2.45, 2.75) is 38.8 Å². The van der Waals surface area contributed by atoms with E-state index in [9.17, 15) is 0 Å². The van der Waals surface area contributed by atoms with Crippen LogP contribution >= 0.6 is 0 Å². The van der Waals surface area contributed by atoms with Gasteiger partial charge in [0.05, 0.1) is 6.61 Å². The molecule has 1 rings (SSSR count).